The van der Waals surface area contributed by atoms with Crippen LogP contribution in [-0.4, -0.2) is 34.1 Å². The molecular weight excluding hydrogens is 230 g/mol. The Balaban J connectivity index is 2.34. The van der Waals surface area contributed by atoms with Gasteiger partial charge in [0.25, 0.3) is 5.91 Å². The molecule has 1 aromatic heterocycles. The van der Waals surface area contributed by atoms with Crippen molar-refractivity contribution < 1.29 is 9.90 Å². The fourth-order valence-corrected chi connectivity index (χ4v) is 1.62. The lowest BCUT2D eigenvalue weighted by Gasteiger charge is -2.08. The van der Waals surface area contributed by atoms with Crippen molar-refractivity contribution in [1.82, 2.24) is 15.3 Å². The molecule has 0 spiro atoms. The molecular formula is C13H13N3O2. The fraction of sp³-hybridized carbons (Fsp3) is 0.154. The quantitative estimate of drug-likeness (QED) is 0.835. The van der Waals surface area contributed by atoms with Crippen LogP contribution in [0.1, 0.15) is 10.4 Å². The van der Waals surface area contributed by atoms with E-state index in [1.807, 2.05) is 12.1 Å². The number of hydrogen-bond acceptors (Lipinski definition) is 4. The number of aliphatic hydroxyl groups is 1. The molecule has 1 heterocycles. The van der Waals surface area contributed by atoms with Gasteiger partial charge in [0, 0.05) is 23.9 Å². The normalized spacial score (nSPS) is 10.1. The highest BCUT2D eigenvalue weighted by molar-refractivity contribution is 6.00. The summed E-state index contributed by atoms with van der Waals surface area (Å²) >= 11 is 0. The van der Waals surface area contributed by atoms with Gasteiger partial charge in [0.2, 0.25) is 0 Å². The van der Waals surface area contributed by atoms with Crippen LogP contribution in [0.5, 0.6) is 0 Å². The van der Waals surface area contributed by atoms with E-state index < -0.39 is 0 Å². The first-order chi connectivity index (χ1) is 8.83. The van der Waals surface area contributed by atoms with Gasteiger partial charge in [0.15, 0.2) is 0 Å². The van der Waals surface area contributed by atoms with Gasteiger partial charge in [-0.05, 0) is 12.1 Å². The van der Waals surface area contributed by atoms with E-state index in [9.17, 15) is 4.79 Å². The van der Waals surface area contributed by atoms with Crippen LogP contribution in [0.25, 0.3) is 11.3 Å². The number of hydrogen-bond donors (Lipinski definition) is 2. The predicted molar refractivity (Wildman–Crippen MR) is 66.9 cm³/mol. The third-order valence-corrected chi connectivity index (χ3v) is 2.43. The Kier molecular flexibility index (Phi) is 3.98. The molecule has 0 radical (unpaired) electrons. The first-order valence-corrected chi connectivity index (χ1v) is 5.57. The van der Waals surface area contributed by atoms with Crippen molar-refractivity contribution in [2.45, 2.75) is 0 Å². The summed E-state index contributed by atoms with van der Waals surface area (Å²) in [5.74, 6) is -0.224. The fourth-order valence-electron chi connectivity index (χ4n) is 1.62. The minimum absolute atomic E-state index is 0.0819. The van der Waals surface area contributed by atoms with Gasteiger partial charge in [-0.15, -0.1) is 0 Å². The number of nitrogens with zero attached hydrogens (tertiary/aromatic N) is 2. The molecule has 0 fully saturated rings. The Morgan fingerprint density at radius 3 is 2.83 bits per heavy atom. The van der Waals surface area contributed by atoms with E-state index in [1.54, 1.807) is 24.4 Å². The van der Waals surface area contributed by atoms with Crippen molar-refractivity contribution in [1.29, 1.82) is 0 Å². The topological polar surface area (TPSA) is 75.1 Å². The number of benzene rings is 1. The van der Waals surface area contributed by atoms with Crippen LogP contribution in [0.3, 0.4) is 0 Å². The molecule has 0 unspecified atom stereocenters. The molecule has 5 nitrogen and oxygen atoms in total. The summed E-state index contributed by atoms with van der Waals surface area (Å²) in [6.07, 6.45) is 3.07. The molecule has 0 saturated carbocycles. The molecule has 0 saturated heterocycles. The average Bonchev–Trinajstić information content (AvgIpc) is 2.45. The van der Waals surface area contributed by atoms with E-state index in [2.05, 4.69) is 15.3 Å². The van der Waals surface area contributed by atoms with E-state index in [-0.39, 0.29) is 19.1 Å². The number of rotatable bonds is 4. The second-order valence-corrected chi connectivity index (χ2v) is 3.62. The molecule has 0 aliphatic rings. The van der Waals surface area contributed by atoms with Gasteiger partial charge in [-0.3, -0.25) is 4.79 Å². The Morgan fingerprint density at radius 1 is 1.28 bits per heavy atom. The molecule has 2 N–H and O–H groups in total. The maximum absolute atomic E-state index is 11.9. The summed E-state index contributed by atoms with van der Waals surface area (Å²) in [5, 5.41) is 11.3. The van der Waals surface area contributed by atoms with Crippen LogP contribution in [0, 0.1) is 0 Å². The van der Waals surface area contributed by atoms with Crippen molar-refractivity contribution in [2.24, 2.45) is 0 Å². The lowest BCUT2D eigenvalue weighted by Crippen LogP contribution is -2.26. The number of aliphatic hydroxyl groups excluding tert-OH is 1. The summed E-state index contributed by atoms with van der Waals surface area (Å²) in [7, 11) is 0. The second kappa shape index (κ2) is 5.88. The average molecular weight is 243 g/mol. The number of nitrogens with one attached hydrogen (secondary N) is 1. The monoisotopic (exact) mass is 243 g/mol. The summed E-state index contributed by atoms with van der Waals surface area (Å²) in [6.45, 7) is 0.151. The van der Waals surface area contributed by atoms with Gasteiger partial charge in [-0.2, -0.15) is 0 Å². The molecule has 0 bridgehead atoms. The first-order valence-electron chi connectivity index (χ1n) is 5.57. The summed E-state index contributed by atoms with van der Waals surface area (Å²) in [4.78, 5) is 19.9. The Labute approximate surface area is 105 Å². The predicted octanol–water partition coefficient (Wildman–Crippen LogP) is 0.866. The number of aromatic nitrogens is 2. The SMILES string of the molecule is O=C(NCCO)c1ccccc1-c1ccncn1. The van der Waals surface area contributed by atoms with Crippen molar-refractivity contribution in [3.63, 3.8) is 0 Å². The molecule has 2 aromatic rings. The van der Waals surface area contributed by atoms with Gasteiger partial charge in [0.05, 0.1) is 12.3 Å². The molecule has 1 amide bonds. The number of carbonyl (C=O) groups is 1. The number of carbonyl (C=O) groups excluding carboxylic acids is 1. The van der Waals surface area contributed by atoms with Gasteiger partial charge in [-0.25, -0.2) is 9.97 Å². The molecule has 0 aliphatic heterocycles. The molecule has 92 valence electrons. The van der Waals surface area contributed by atoms with Crippen molar-refractivity contribution in [3.05, 3.63) is 48.4 Å². The van der Waals surface area contributed by atoms with Crippen LogP contribution < -0.4 is 5.32 Å². The third kappa shape index (κ3) is 2.70. The molecule has 5 heteroatoms. The highest BCUT2D eigenvalue weighted by atomic mass is 16.3. The highest BCUT2D eigenvalue weighted by Crippen LogP contribution is 2.20. The standard InChI is InChI=1S/C13H13N3O2/c17-8-7-15-13(18)11-4-2-1-3-10(11)12-5-6-14-9-16-12/h1-6,9,17H,7-8H2,(H,15,18). The maximum atomic E-state index is 11.9. The second-order valence-electron chi connectivity index (χ2n) is 3.62. The van der Waals surface area contributed by atoms with Gasteiger partial charge >= 0.3 is 0 Å². The third-order valence-electron chi connectivity index (χ3n) is 2.43. The molecule has 0 atom stereocenters. The lowest BCUT2D eigenvalue weighted by molar-refractivity contribution is 0.0945. The Bertz CT molecular complexity index is 529. The maximum Gasteiger partial charge on any atom is 0.252 e. The van der Waals surface area contributed by atoms with Crippen molar-refractivity contribution in [2.75, 3.05) is 13.2 Å². The molecule has 18 heavy (non-hydrogen) atoms. The summed E-state index contributed by atoms with van der Waals surface area (Å²) in [6, 6.07) is 8.94. The molecule has 0 aliphatic carbocycles. The Hall–Kier alpha value is -2.27. The minimum Gasteiger partial charge on any atom is -0.395 e. The largest absolute Gasteiger partial charge is 0.395 e. The molecule has 1 aromatic carbocycles. The van der Waals surface area contributed by atoms with Crippen LogP contribution in [0.4, 0.5) is 0 Å². The van der Waals surface area contributed by atoms with Gasteiger partial charge < -0.3 is 10.4 Å². The van der Waals surface area contributed by atoms with E-state index in [1.165, 1.54) is 6.33 Å². The van der Waals surface area contributed by atoms with E-state index >= 15 is 0 Å². The van der Waals surface area contributed by atoms with E-state index in [4.69, 9.17) is 5.11 Å². The highest BCUT2D eigenvalue weighted by Gasteiger charge is 2.12. The zero-order valence-electron chi connectivity index (χ0n) is 9.71. The van der Waals surface area contributed by atoms with Gasteiger partial charge in [-0.1, -0.05) is 18.2 Å². The zero-order chi connectivity index (χ0) is 12.8. The van der Waals surface area contributed by atoms with Crippen molar-refractivity contribution in [3.8, 4) is 11.3 Å². The van der Waals surface area contributed by atoms with Crippen LogP contribution in [0.2, 0.25) is 0 Å². The van der Waals surface area contributed by atoms with E-state index in [0.717, 1.165) is 5.56 Å². The lowest BCUT2D eigenvalue weighted by atomic mass is 10.0. The summed E-state index contributed by atoms with van der Waals surface area (Å²) < 4.78 is 0. The molecule has 2 rings (SSSR count). The summed E-state index contributed by atoms with van der Waals surface area (Å²) in [5.41, 5.74) is 1.97. The van der Waals surface area contributed by atoms with Crippen LogP contribution >= 0.6 is 0 Å². The minimum atomic E-state index is -0.224. The zero-order valence-corrected chi connectivity index (χ0v) is 9.71. The van der Waals surface area contributed by atoms with Crippen molar-refractivity contribution >= 4 is 5.91 Å². The van der Waals surface area contributed by atoms with Crippen LogP contribution in [0.15, 0.2) is 42.9 Å². The smallest absolute Gasteiger partial charge is 0.252 e. The van der Waals surface area contributed by atoms with E-state index in [0.29, 0.717) is 11.3 Å². The van der Waals surface area contributed by atoms with Crippen LogP contribution in [-0.2, 0) is 0 Å². The van der Waals surface area contributed by atoms with Gasteiger partial charge in [0.1, 0.15) is 6.33 Å². The number of amides is 1. The Morgan fingerprint density at radius 2 is 2.11 bits per heavy atom. The first kappa shape index (κ1) is 12.2.